The molecular weight excluding hydrogens is 451 g/mol. The number of thiazole rings is 1. The predicted octanol–water partition coefficient (Wildman–Crippen LogP) is 5.99. The number of fused-ring (bicyclic) bond motifs is 1. The summed E-state index contributed by atoms with van der Waals surface area (Å²) in [7, 11) is 0. The number of benzene rings is 3. The minimum atomic E-state index is -0.868. The summed E-state index contributed by atoms with van der Waals surface area (Å²) in [6.07, 6.45) is 0. The largest absolute Gasteiger partial charge is 0.507 e. The number of carbonyl (C=O) groups is 2. The molecule has 170 valence electrons. The quantitative estimate of drug-likeness (QED) is 0.226. The molecule has 3 aromatic carbocycles. The number of amides is 1. The van der Waals surface area contributed by atoms with Crippen LogP contribution in [0.3, 0.4) is 0 Å². The van der Waals surface area contributed by atoms with E-state index in [4.69, 9.17) is 4.98 Å². The molecule has 4 aromatic rings. The van der Waals surface area contributed by atoms with Crippen LogP contribution in [0.4, 0.5) is 9.52 Å². The highest BCUT2D eigenvalue weighted by Gasteiger charge is 2.48. The molecule has 34 heavy (non-hydrogen) atoms. The first-order valence-electron chi connectivity index (χ1n) is 10.8. The van der Waals surface area contributed by atoms with Gasteiger partial charge in [0, 0.05) is 5.56 Å². The van der Waals surface area contributed by atoms with E-state index in [2.05, 4.69) is 0 Å². The van der Waals surface area contributed by atoms with E-state index in [0.717, 1.165) is 26.9 Å². The van der Waals surface area contributed by atoms with E-state index in [0.29, 0.717) is 10.7 Å². The van der Waals surface area contributed by atoms with E-state index >= 15 is 0 Å². The molecule has 0 saturated carbocycles. The number of aliphatic hydroxyl groups excluding tert-OH is 1. The Morgan fingerprint density at radius 1 is 0.971 bits per heavy atom. The van der Waals surface area contributed by atoms with Gasteiger partial charge in [-0.05, 0) is 67.8 Å². The van der Waals surface area contributed by atoms with Crippen molar-refractivity contribution in [3.63, 3.8) is 0 Å². The Hall–Kier alpha value is -3.84. The molecule has 1 aliphatic heterocycles. The van der Waals surface area contributed by atoms with Crippen LogP contribution in [0.15, 0.2) is 66.2 Å². The third kappa shape index (κ3) is 3.58. The summed E-state index contributed by atoms with van der Waals surface area (Å²) in [6.45, 7) is 5.89. The molecule has 5 rings (SSSR count). The maximum absolute atomic E-state index is 13.5. The fourth-order valence-electron chi connectivity index (χ4n) is 4.32. The molecule has 7 heteroatoms. The molecule has 0 radical (unpaired) electrons. The highest BCUT2D eigenvalue weighted by molar-refractivity contribution is 7.22. The van der Waals surface area contributed by atoms with Crippen molar-refractivity contribution >= 4 is 44.1 Å². The predicted molar refractivity (Wildman–Crippen MR) is 131 cm³/mol. The molecule has 1 N–H and O–H groups in total. The van der Waals surface area contributed by atoms with Crippen molar-refractivity contribution in [2.24, 2.45) is 0 Å². The van der Waals surface area contributed by atoms with Gasteiger partial charge in [-0.2, -0.15) is 0 Å². The third-order valence-corrected chi connectivity index (χ3v) is 6.98. The lowest BCUT2D eigenvalue weighted by atomic mass is 9.95. The smallest absolute Gasteiger partial charge is 0.301 e. The standard InChI is InChI=1S/C27H21FN2O3S/c1-14-4-6-17(7-5-14)23-21(24(31)18-8-10-19(28)11-9-18)25(32)26(33)30(23)27-29-22-16(3)12-15(2)13-20(22)34-27/h4-13,23,31H,1-3H3/b24-21+. The minimum Gasteiger partial charge on any atom is -0.507 e. The molecule has 0 aliphatic carbocycles. The molecule has 2 heterocycles. The van der Waals surface area contributed by atoms with Crippen molar-refractivity contribution in [2.75, 3.05) is 4.90 Å². The molecule has 0 spiro atoms. The maximum Gasteiger partial charge on any atom is 0.301 e. The van der Waals surface area contributed by atoms with Crippen LogP contribution in [0.5, 0.6) is 0 Å². The first kappa shape index (κ1) is 22.0. The van der Waals surface area contributed by atoms with Crippen molar-refractivity contribution in [2.45, 2.75) is 26.8 Å². The van der Waals surface area contributed by atoms with Crippen LogP contribution in [0.25, 0.3) is 16.0 Å². The third-order valence-electron chi connectivity index (χ3n) is 5.98. The first-order valence-corrected chi connectivity index (χ1v) is 11.6. The lowest BCUT2D eigenvalue weighted by molar-refractivity contribution is -0.132. The molecule has 1 fully saturated rings. The van der Waals surface area contributed by atoms with Crippen molar-refractivity contribution in [1.82, 2.24) is 4.98 Å². The van der Waals surface area contributed by atoms with Gasteiger partial charge in [-0.1, -0.05) is 47.2 Å². The lowest BCUT2D eigenvalue weighted by Gasteiger charge is -2.23. The van der Waals surface area contributed by atoms with E-state index in [9.17, 15) is 19.1 Å². The number of halogens is 1. The molecule has 1 aliphatic rings. The average molecular weight is 473 g/mol. The lowest BCUT2D eigenvalue weighted by Crippen LogP contribution is -2.29. The maximum atomic E-state index is 13.5. The van der Waals surface area contributed by atoms with Crippen LogP contribution in [-0.2, 0) is 9.59 Å². The molecule has 1 saturated heterocycles. The van der Waals surface area contributed by atoms with Crippen molar-refractivity contribution < 1.29 is 19.1 Å². The van der Waals surface area contributed by atoms with Crippen molar-refractivity contribution in [3.8, 4) is 0 Å². The molecule has 1 amide bonds. The second-order valence-corrected chi connectivity index (χ2v) is 9.52. The number of ketones is 1. The monoisotopic (exact) mass is 472 g/mol. The van der Waals surface area contributed by atoms with Crippen LogP contribution in [-0.4, -0.2) is 21.8 Å². The van der Waals surface area contributed by atoms with Crippen molar-refractivity contribution in [1.29, 1.82) is 0 Å². The summed E-state index contributed by atoms with van der Waals surface area (Å²) >= 11 is 1.33. The van der Waals surface area contributed by atoms with Gasteiger partial charge < -0.3 is 5.11 Å². The highest BCUT2D eigenvalue weighted by Crippen LogP contribution is 2.44. The number of hydrogen-bond acceptors (Lipinski definition) is 5. The molecule has 1 unspecified atom stereocenters. The molecule has 5 nitrogen and oxygen atoms in total. The number of nitrogens with zero attached hydrogens (tertiary/aromatic N) is 2. The summed E-state index contributed by atoms with van der Waals surface area (Å²) in [4.78, 5) is 32.6. The fraction of sp³-hybridized carbons (Fsp3) is 0.148. The molecule has 1 atom stereocenters. The summed E-state index contributed by atoms with van der Waals surface area (Å²) in [5.74, 6) is -2.38. The number of aliphatic hydroxyl groups is 1. The molecular formula is C27H21FN2O3S. The van der Waals surface area contributed by atoms with Gasteiger partial charge in [0.25, 0.3) is 5.78 Å². The van der Waals surface area contributed by atoms with E-state index < -0.39 is 23.5 Å². The molecule has 0 bridgehead atoms. The van der Waals surface area contributed by atoms with Crippen LogP contribution in [0.2, 0.25) is 0 Å². The van der Waals surface area contributed by atoms with Gasteiger partial charge in [0.15, 0.2) is 5.13 Å². The topological polar surface area (TPSA) is 70.5 Å². The Morgan fingerprint density at radius 2 is 1.65 bits per heavy atom. The zero-order valence-corrected chi connectivity index (χ0v) is 19.6. The van der Waals surface area contributed by atoms with Gasteiger partial charge in [0.1, 0.15) is 11.6 Å². The summed E-state index contributed by atoms with van der Waals surface area (Å²) in [5.41, 5.74) is 4.72. The van der Waals surface area contributed by atoms with Crippen LogP contribution in [0.1, 0.15) is 33.9 Å². The van der Waals surface area contributed by atoms with Gasteiger partial charge in [-0.25, -0.2) is 9.37 Å². The van der Waals surface area contributed by atoms with E-state index in [1.807, 2.05) is 57.2 Å². The van der Waals surface area contributed by atoms with E-state index in [1.165, 1.54) is 40.5 Å². The van der Waals surface area contributed by atoms with Gasteiger partial charge in [0.05, 0.1) is 21.8 Å². The Labute approximate surface area is 199 Å². The molecule has 1 aromatic heterocycles. The zero-order chi connectivity index (χ0) is 24.1. The van der Waals surface area contributed by atoms with Crippen LogP contribution >= 0.6 is 11.3 Å². The van der Waals surface area contributed by atoms with Gasteiger partial charge in [0.2, 0.25) is 0 Å². The Morgan fingerprint density at radius 3 is 2.32 bits per heavy atom. The number of aromatic nitrogens is 1. The van der Waals surface area contributed by atoms with Crippen LogP contribution in [0, 0.1) is 26.6 Å². The fourth-order valence-corrected chi connectivity index (χ4v) is 5.49. The number of rotatable bonds is 3. The summed E-state index contributed by atoms with van der Waals surface area (Å²) < 4.78 is 14.4. The van der Waals surface area contributed by atoms with Gasteiger partial charge >= 0.3 is 5.91 Å². The Balaban J connectivity index is 1.74. The minimum absolute atomic E-state index is 0.0485. The second-order valence-electron chi connectivity index (χ2n) is 8.51. The van der Waals surface area contributed by atoms with Crippen molar-refractivity contribution in [3.05, 3.63) is 99.9 Å². The first-order chi connectivity index (χ1) is 16.2. The normalized spacial score (nSPS) is 17.6. The highest BCUT2D eigenvalue weighted by atomic mass is 32.1. The van der Waals surface area contributed by atoms with Gasteiger partial charge in [-0.15, -0.1) is 0 Å². The summed E-state index contributed by atoms with van der Waals surface area (Å²) in [6, 6.07) is 15.8. The number of aryl methyl sites for hydroxylation is 3. The Kier molecular flexibility index (Phi) is 5.29. The number of carbonyl (C=O) groups excluding carboxylic acids is 2. The Bertz CT molecular complexity index is 1490. The number of Topliss-reactive ketones (excluding diaryl/α,β-unsaturated/α-hetero) is 1. The summed E-state index contributed by atoms with van der Waals surface area (Å²) in [5, 5.41) is 11.5. The average Bonchev–Trinajstić information content (AvgIpc) is 3.33. The zero-order valence-electron chi connectivity index (χ0n) is 18.8. The van der Waals surface area contributed by atoms with Crippen LogP contribution < -0.4 is 4.90 Å². The van der Waals surface area contributed by atoms with Gasteiger partial charge in [-0.3, -0.25) is 14.5 Å². The second kappa shape index (κ2) is 8.18. The number of anilines is 1. The van der Waals surface area contributed by atoms with E-state index in [1.54, 1.807) is 0 Å². The number of hydrogen-bond donors (Lipinski definition) is 1. The SMILES string of the molecule is Cc1ccc(C2/C(=C(\O)c3ccc(F)cc3)C(=O)C(=O)N2c2nc3c(C)cc(C)cc3s2)cc1. The van der Waals surface area contributed by atoms with E-state index in [-0.39, 0.29) is 16.9 Å².